The van der Waals surface area contributed by atoms with Gasteiger partial charge in [0.2, 0.25) is 5.91 Å². The molecule has 1 heterocycles. The third-order valence-corrected chi connectivity index (χ3v) is 3.76. The molecule has 1 aliphatic rings. The zero-order valence-corrected chi connectivity index (χ0v) is 11.5. The first-order valence-corrected chi connectivity index (χ1v) is 6.60. The summed E-state index contributed by atoms with van der Waals surface area (Å²) in [7, 11) is 0. The molecule has 0 spiro atoms. The van der Waals surface area contributed by atoms with Crippen molar-refractivity contribution in [2.24, 2.45) is 17.6 Å². The summed E-state index contributed by atoms with van der Waals surface area (Å²) in [5, 5.41) is 0. The first kappa shape index (κ1) is 13.0. The Morgan fingerprint density at radius 3 is 2.83 bits per heavy atom. The van der Waals surface area contributed by atoms with Gasteiger partial charge in [-0.05, 0) is 30.9 Å². The molecule has 1 aromatic rings. The van der Waals surface area contributed by atoms with Gasteiger partial charge < -0.3 is 10.6 Å². The molecule has 2 unspecified atom stereocenters. The highest BCUT2D eigenvalue weighted by molar-refractivity contribution is 7.80. The average Bonchev–Trinajstić information content (AvgIpc) is 2.35. The van der Waals surface area contributed by atoms with Crippen molar-refractivity contribution in [3.63, 3.8) is 0 Å². The molecule has 4 heteroatoms. The molecular formula is C14H18N2OS. The first-order valence-electron chi connectivity index (χ1n) is 6.19. The van der Waals surface area contributed by atoms with Crippen LogP contribution in [0.4, 0.5) is 5.69 Å². The summed E-state index contributed by atoms with van der Waals surface area (Å²) >= 11 is 4.92. The first-order chi connectivity index (χ1) is 8.50. The van der Waals surface area contributed by atoms with E-state index in [0.717, 1.165) is 18.7 Å². The Hall–Kier alpha value is -1.42. The molecule has 2 N–H and O–H groups in total. The smallest absolute Gasteiger partial charge is 0.236 e. The predicted octanol–water partition coefficient (Wildman–Crippen LogP) is 2.13. The lowest BCUT2D eigenvalue weighted by atomic mass is 9.93. The Morgan fingerprint density at radius 1 is 1.50 bits per heavy atom. The molecule has 0 saturated carbocycles. The van der Waals surface area contributed by atoms with Crippen molar-refractivity contribution in [2.75, 3.05) is 11.4 Å². The third kappa shape index (κ3) is 2.38. The molecular weight excluding hydrogens is 244 g/mol. The minimum absolute atomic E-state index is 0.00139. The zero-order chi connectivity index (χ0) is 13.3. The largest absolute Gasteiger partial charge is 0.393 e. The second-order valence-electron chi connectivity index (χ2n) is 5.01. The maximum absolute atomic E-state index is 12.4. The lowest BCUT2D eigenvalue weighted by Crippen LogP contribution is -2.44. The average molecular weight is 262 g/mol. The van der Waals surface area contributed by atoms with Crippen LogP contribution >= 0.6 is 12.2 Å². The number of para-hydroxylation sites is 1. The van der Waals surface area contributed by atoms with E-state index >= 15 is 0 Å². The van der Waals surface area contributed by atoms with Crippen molar-refractivity contribution < 1.29 is 4.79 Å². The van der Waals surface area contributed by atoms with E-state index in [1.54, 1.807) is 6.92 Å². The number of amides is 1. The molecule has 0 aromatic heterocycles. The maximum atomic E-state index is 12.4. The van der Waals surface area contributed by atoms with E-state index in [-0.39, 0.29) is 10.9 Å². The number of anilines is 1. The highest BCUT2D eigenvalue weighted by atomic mass is 32.1. The van der Waals surface area contributed by atoms with Crippen LogP contribution in [-0.2, 0) is 11.2 Å². The number of hydrogen-bond donors (Lipinski definition) is 1. The molecule has 1 amide bonds. The van der Waals surface area contributed by atoms with Gasteiger partial charge in [-0.3, -0.25) is 4.79 Å². The second-order valence-corrected chi connectivity index (χ2v) is 5.48. The Bertz CT molecular complexity index is 486. The Balaban J connectivity index is 2.34. The molecule has 18 heavy (non-hydrogen) atoms. The van der Waals surface area contributed by atoms with Crippen LogP contribution in [0.25, 0.3) is 0 Å². The van der Waals surface area contributed by atoms with Gasteiger partial charge >= 0.3 is 0 Å². The molecule has 0 bridgehead atoms. The molecule has 0 radical (unpaired) electrons. The van der Waals surface area contributed by atoms with Gasteiger partial charge in [0.15, 0.2) is 0 Å². The summed E-state index contributed by atoms with van der Waals surface area (Å²) in [6.45, 7) is 4.66. The summed E-state index contributed by atoms with van der Waals surface area (Å²) in [5.41, 5.74) is 7.81. The molecule has 2 atom stereocenters. The molecule has 96 valence electrons. The van der Waals surface area contributed by atoms with Crippen LogP contribution in [0.1, 0.15) is 19.4 Å². The maximum Gasteiger partial charge on any atom is 0.236 e. The summed E-state index contributed by atoms with van der Waals surface area (Å²) < 4.78 is 0. The van der Waals surface area contributed by atoms with Crippen LogP contribution in [0.2, 0.25) is 0 Å². The number of nitrogens with zero attached hydrogens (tertiary/aromatic N) is 1. The predicted molar refractivity (Wildman–Crippen MR) is 77.6 cm³/mol. The molecule has 1 aromatic carbocycles. The number of rotatable bonds is 2. The number of fused-ring (bicyclic) bond motifs is 1. The van der Waals surface area contributed by atoms with Crippen molar-refractivity contribution in [1.82, 2.24) is 0 Å². The van der Waals surface area contributed by atoms with Gasteiger partial charge in [-0.15, -0.1) is 0 Å². The van der Waals surface area contributed by atoms with E-state index in [9.17, 15) is 4.79 Å². The number of thiocarbonyl (C=S) groups is 1. The van der Waals surface area contributed by atoms with Gasteiger partial charge in [-0.2, -0.15) is 0 Å². The fourth-order valence-corrected chi connectivity index (χ4v) is 2.46. The van der Waals surface area contributed by atoms with Crippen LogP contribution in [0.15, 0.2) is 24.3 Å². The van der Waals surface area contributed by atoms with E-state index < -0.39 is 5.92 Å². The molecule has 1 aliphatic heterocycles. The summed E-state index contributed by atoms with van der Waals surface area (Å²) in [6, 6.07) is 8.04. The lowest BCUT2D eigenvalue weighted by Gasteiger charge is -2.34. The van der Waals surface area contributed by atoms with Crippen molar-refractivity contribution in [3.8, 4) is 0 Å². The minimum atomic E-state index is -0.404. The van der Waals surface area contributed by atoms with Gasteiger partial charge in [-0.25, -0.2) is 0 Å². The molecule has 0 fully saturated rings. The number of carbonyl (C=O) groups is 1. The molecule has 0 aliphatic carbocycles. The monoisotopic (exact) mass is 262 g/mol. The van der Waals surface area contributed by atoms with Crippen molar-refractivity contribution in [2.45, 2.75) is 20.3 Å². The minimum Gasteiger partial charge on any atom is -0.393 e. The SMILES string of the molecule is CC1Cc2ccccc2N(C(=O)C(C)C(N)=S)C1. The van der Waals surface area contributed by atoms with Crippen molar-refractivity contribution in [3.05, 3.63) is 29.8 Å². The number of carbonyl (C=O) groups excluding carboxylic acids is 1. The van der Waals surface area contributed by atoms with Gasteiger partial charge in [0.05, 0.1) is 10.9 Å². The van der Waals surface area contributed by atoms with E-state index in [2.05, 4.69) is 13.0 Å². The Kier molecular flexibility index (Phi) is 3.66. The zero-order valence-electron chi connectivity index (χ0n) is 10.7. The molecule has 0 saturated heterocycles. The highest BCUT2D eigenvalue weighted by Crippen LogP contribution is 2.30. The summed E-state index contributed by atoms with van der Waals surface area (Å²) in [6.07, 6.45) is 1.02. The normalized spacial score (nSPS) is 20.1. The van der Waals surface area contributed by atoms with Gasteiger partial charge in [0, 0.05) is 12.2 Å². The molecule has 2 rings (SSSR count). The van der Waals surface area contributed by atoms with E-state index in [0.29, 0.717) is 5.92 Å². The summed E-state index contributed by atoms with van der Waals surface area (Å²) in [5.74, 6) is 0.0576. The van der Waals surface area contributed by atoms with E-state index in [1.807, 2.05) is 23.1 Å². The summed E-state index contributed by atoms with van der Waals surface area (Å²) in [4.78, 5) is 14.5. The number of nitrogens with two attached hydrogens (primary N) is 1. The van der Waals surface area contributed by atoms with Crippen LogP contribution in [0, 0.1) is 11.8 Å². The standard InChI is InChI=1S/C14H18N2OS/c1-9-7-11-5-3-4-6-12(11)16(8-9)14(17)10(2)13(15)18/h3-6,9-10H,7-8H2,1-2H3,(H2,15,18). The fraction of sp³-hybridized carbons (Fsp3) is 0.429. The van der Waals surface area contributed by atoms with Crippen molar-refractivity contribution >= 4 is 28.8 Å². The second kappa shape index (κ2) is 5.06. The topological polar surface area (TPSA) is 46.3 Å². The van der Waals surface area contributed by atoms with Crippen molar-refractivity contribution in [1.29, 1.82) is 0 Å². The van der Waals surface area contributed by atoms with Gasteiger partial charge in [0.1, 0.15) is 0 Å². The van der Waals surface area contributed by atoms with E-state index in [4.69, 9.17) is 18.0 Å². The lowest BCUT2D eigenvalue weighted by molar-refractivity contribution is -0.120. The number of hydrogen-bond acceptors (Lipinski definition) is 2. The van der Waals surface area contributed by atoms with E-state index in [1.165, 1.54) is 5.56 Å². The van der Waals surface area contributed by atoms with Crippen LogP contribution in [0.3, 0.4) is 0 Å². The van der Waals surface area contributed by atoms with Crippen LogP contribution in [0.5, 0.6) is 0 Å². The Morgan fingerprint density at radius 2 is 2.17 bits per heavy atom. The quantitative estimate of drug-likeness (QED) is 0.831. The fourth-order valence-electron chi connectivity index (χ4n) is 2.36. The molecule has 3 nitrogen and oxygen atoms in total. The Labute approximate surface area is 113 Å². The third-order valence-electron chi connectivity index (χ3n) is 3.41. The van der Waals surface area contributed by atoms with Crippen LogP contribution in [-0.4, -0.2) is 17.4 Å². The van der Waals surface area contributed by atoms with Gasteiger partial charge in [0.25, 0.3) is 0 Å². The number of benzene rings is 1. The van der Waals surface area contributed by atoms with Gasteiger partial charge in [-0.1, -0.05) is 37.3 Å². The van der Waals surface area contributed by atoms with Crippen LogP contribution < -0.4 is 10.6 Å². The highest BCUT2D eigenvalue weighted by Gasteiger charge is 2.29.